The van der Waals surface area contributed by atoms with E-state index in [2.05, 4.69) is 0 Å². The number of hydrogen-bond acceptors (Lipinski definition) is 4. The average molecular weight is 365 g/mol. The van der Waals surface area contributed by atoms with Gasteiger partial charge in [0.05, 0.1) is 18.9 Å². The Labute approximate surface area is 158 Å². The van der Waals surface area contributed by atoms with Gasteiger partial charge in [-0.15, -0.1) is 0 Å². The second-order valence-electron chi connectivity index (χ2n) is 6.14. The van der Waals surface area contributed by atoms with Crippen molar-refractivity contribution in [2.24, 2.45) is 7.05 Å². The molecule has 0 saturated carbocycles. The van der Waals surface area contributed by atoms with Crippen LogP contribution in [0.25, 0.3) is 22.2 Å². The van der Waals surface area contributed by atoms with Crippen LogP contribution >= 0.6 is 0 Å². The number of fused-ring (bicyclic) bond motifs is 1. The predicted molar refractivity (Wildman–Crippen MR) is 104 cm³/mol. The first kappa shape index (κ1) is 18.7. The van der Waals surface area contributed by atoms with Crippen molar-refractivity contribution >= 4 is 22.8 Å². The maximum Gasteiger partial charge on any atom is 0.324 e. The SMILES string of the molecule is CCOC(=O)C(C(=O)OCC)c1c(-c2ccccc2)n(C)c2ccccc12. The summed E-state index contributed by atoms with van der Waals surface area (Å²) in [5.41, 5.74) is 3.29. The first-order chi connectivity index (χ1) is 13.1. The molecule has 1 aromatic heterocycles. The molecule has 5 nitrogen and oxygen atoms in total. The Kier molecular flexibility index (Phi) is 5.60. The van der Waals surface area contributed by atoms with Gasteiger partial charge in [-0.1, -0.05) is 48.5 Å². The van der Waals surface area contributed by atoms with Crippen LogP contribution in [-0.2, 0) is 26.1 Å². The van der Waals surface area contributed by atoms with E-state index in [-0.39, 0.29) is 13.2 Å². The lowest BCUT2D eigenvalue weighted by Gasteiger charge is -2.17. The molecule has 2 aromatic carbocycles. The normalized spacial score (nSPS) is 11.0. The molecule has 3 rings (SSSR count). The monoisotopic (exact) mass is 365 g/mol. The van der Waals surface area contributed by atoms with Gasteiger partial charge in [0.15, 0.2) is 5.92 Å². The summed E-state index contributed by atoms with van der Waals surface area (Å²) in [4.78, 5) is 25.5. The summed E-state index contributed by atoms with van der Waals surface area (Å²) < 4.78 is 12.5. The van der Waals surface area contributed by atoms with Crippen molar-refractivity contribution < 1.29 is 19.1 Å². The molecular formula is C22H23NO4. The van der Waals surface area contributed by atoms with Crippen LogP contribution in [0.3, 0.4) is 0 Å². The molecule has 0 aliphatic carbocycles. The van der Waals surface area contributed by atoms with Gasteiger partial charge in [-0.05, 0) is 25.5 Å². The molecule has 0 N–H and O–H groups in total. The van der Waals surface area contributed by atoms with Crippen LogP contribution in [0.1, 0.15) is 25.3 Å². The number of carbonyl (C=O) groups is 2. The lowest BCUT2D eigenvalue weighted by molar-refractivity contribution is -0.156. The number of ether oxygens (including phenoxy) is 2. The molecule has 140 valence electrons. The van der Waals surface area contributed by atoms with E-state index in [1.165, 1.54) is 0 Å². The quantitative estimate of drug-likeness (QED) is 0.488. The van der Waals surface area contributed by atoms with Crippen LogP contribution in [0, 0.1) is 0 Å². The van der Waals surface area contributed by atoms with Crippen molar-refractivity contribution in [2.45, 2.75) is 19.8 Å². The maximum absolute atomic E-state index is 12.8. The Morgan fingerprint density at radius 3 is 2.04 bits per heavy atom. The van der Waals surface area contributed by atoms with E-state index in [9.17, 15) is 9.59 Å². The summed E-state index contributed by atoms with van der Waals surface area (Å²) in [5, 5.41) is 0.838. The zero-order chi connectivity index (χ0) is 19.4. The van der Waals surface area contributed by atoms with Gasteiger partial charge in [0, 0.05) is 23.5 Å². The fourth-order valence-corrected chi connectivity index (χ4v) is 3.44. The van der Waals surface area contributed by atoms with Crippen molar-refractivity contribution in [3.8, 4) is 11.3 Å². The minimum absolute atomic E-state index is 0.195. The summed E-state index contributed by atoms with van der Waals surface area (Å²) in [6, 6.07) is 17.4. The highest BCUT2D eigenvalue weighted by Crippen LogP contribution is 2.39. The second kappa shape index (κ2) is 8.08. The lowest BCUT2D eigenvalue weighted by atomic mass is 9.93. The topological polar surface area (TPSA) is 57.5 Å². The Morgan fingerprint density at radius 2 is 1.44 bits per heavy atom. The molecule has 0 unspecified atom stereocenters. The summed E-state index contributed by atoms with van der Waals surface area (Å²) in [7, 11) is 1.93. The Morgan fingerprint density at radius 1 is 0.889 bits per heavy atom. The minimum atomic E-state index is -1.13. The number of hydrogen-bond donors (Lipinski definition) is 0. The number of esters is 2. The number of aromatic nitrogens is 1. The first-order valence-electron chi connectivity index (χ1n) is 9.06. The number of para-hydroxylation sites is 1. The van der Waals surface area contributed by atoms with Crippen molar-refractivity contribution in [3.05, 3.63) is 60.2 Å². The van der Waals surface area contributed by atoms with Crippen molar-refractivity contribution in [1.82, 2.24) is 4.57 Å². The Bertz CT molecular complexity index is 941. The van der Waals surface area contributed by atoms with E-state index in [0.29, 0.717) is 5.56 Å². The first-order valence-corrected chi connectivity index (χ1v) is 9.06. The number of nitrogens with zero attached hydrogens (tertiary/aromatic N) is 1. The number of benzene rings is 2. The number of aryl methyl sites for hydroxylation is 1. The van der Waals surface area contributed by atoms with Crippen LogP contribution in [0.15, 0.2) is 54.6 Å². The molecule has 27 heavy (non-hydrogen) atoms. The third-order valence-electron chi connectivity index (χ3n) is 4.53. The third kappa shape index (κ3) is 3.45. The molecule has 3 aromatic rings. The van der Waals surface area contributed by atoms with Gasteiger partial charge in [0.25, 0.3) is 0 Å². The molecule has 0 aliphatic rings. The molecule has 0 amide bonds. The van der Waals surface area contributed by atoms with Gasteiger partial charge in [-0.2, -0.15) is 0 Å². The van der Waals surface area contributed by atoms with E-state index in [1.807, 2.05) is 66.2 Å². The molecule has 1 heterocycles. The summed E-state index contributed by atoms with van der Waals surface area (Å²) in [6.07, 6.45) is 0. The van der Waals surface area contributed by atoms with E-state index >= 15 is 0 Å². The standard InChI is InChI=1S/C22H23NO4/c1-4-26-21(24)19(22(25)27-5-2)18-16-13-9-10-14-17(16)23(3)20(18)15-11-7-6-8-12-15/h6-14,19H,4-5H2,1-3H3. The molecule has 5 heteroatoms. The van der Waals surface area contributed by atoms with Crippen LogP contribution < -0.4 is 0 Å². The van der Waals surface area contributed by atoms with Gasteiger partial charge in [0.1, 0.15) is 0 Å². The lowest BCUT2D eigenvalue weighted by Crippen LogP contribution is -2.26. The summed E-state index contributed by atoms with van der Waals surface area (Å²) in [6.45, 7) is 3.84. The Balaban J connectivity index is 2.32. The fraction of sp³-hybridized carbons (Fsp3) is 0.273. The third-order valence-corrected chi connectivity index (χ3v) is 4.53. The molecule has 0 aliphatic heterocycles. The molecule has 0 atom stereocenters. The average Bonchev–Trinajstić information content (AvgIpc) is 2.96. The second-order valence-corrected chi connectivity index (χ2v) is 6.14. The van der Waals surface area contributed by atoms with Crippen LogP contribution in [0.5, 0.6) is 0 Å². The summed E-state index contributed by atoms with van der Waals surface area (Å²) in [5.74, 6) is -2.32. The van der Waals surface area contributed by atoms with Crippen molar-refractivity contribution in [1.29, 1.82) is 0 Å². The van der Waals surface area contributed by atoms with Gasteiger partial charge in [0.2, 0.25) is 0 Å². The zero-order valence-corrected chi connectivity index (χ0v) is 15.8. The predicted octanol–water partition coefficient (Wildman–Crippen LogP) is 4.06. The van der Waals surface area contributed by atoms with E-state index in [1.54, 1.807) is 13.8 Å². The fourth-order valence-electron chi connectivity index (χ4n) is 3.44. The zero-order valence-electron chi connectivity index (χ0n) is 15.8. The van der Waals surface area contributed by atoms with Gasteiger partial charge in [-0.25, -0.2) is 0 Å². The highest BCUT2D eigenvalue weighted by molar-refractivity contribution is 6.08. The van der Waals surface area contributed by atoms with E-state index < -0.39 is 17.9 Å². The van der Waals surface area contributed by atoms with Crippen LogP contribution in [0.4, 0.5) is 0 Å². The molecule has 0 saturated heterocycles. The van der Waals surface area contributed by atoms with Crippen molar-refractivity contribution in [3.63, 3.8) is 0 Å². The maximum atomic E-state index is 12.8. The van der Waals surface area contributed by atoms with Gasteiger partial charge < -0.3 is 14.0 Å². The van der Waals surface area contributed by atoms with E-state index in [4.69, 9.17) is 9.47 Å². The van der Waals surface area contributed by atoms with Crippen molar-refractivity contribution in [2.75, 3.05) is 13.2 Å². The smallest absolute Gasteiger partial charge is 0.324 e. The molecule has 0 spiro atoms. The van der Waals surface area contributed by atoms with Crippen LogP contribution in [-0.4, -0.2) is 29.7 Å². The van der Waals surface area contributed by atoms with E-state index in [0.717, 1.165) is 22.2 Å². The van der Waals surface area contributed by atoms with Gasteiger partial charge >= 0.3 is 11.9 Å². The number of rotatable bonds is 6. The van der Waals surface area contributed by atoms with Crippen LogP contribution in [0.2, 0.25) is 0 Å². The molecule has 0 radical (unpaired) electrons. The molecular weight excluding hydrogens is 342 g/mol. The van der Waals surface area contributed by atoms with Gasteiger partial charge in [-0.3, -0.25) is 9.59 Å². The summed E-state index contributed by atoms with van der Waals surface area (Å²) >= 11 is 0. The Hall–Kier alpha value is -3.08. The minimum Gasteiger partial charge on any atom is -0.465 e. The highest BCUT2D eigenvalue weighted by atomic mass is 16.6. The number of carbonyl (C=O) groups excluding carboxylic acids is 2. The highest BCUT2D eigenvalue weighted by Gasteiger charge is 2.37. The largest absolute Gasteiger partial charge is 0.465 e. The molecule has 0 bridgehead atoms. The molecule has 0 fully saturated rings.